The van der Waals surface area contributed by atoms with Gasteiger partial charge >= 0.3 is 0 Å². The van der Waals surface area contributed by atoms with Gasteiger partial charge in [0.15, 0.2) is 5.78 Å². The lowest BCUT2D eigenvalue weighted by molar-refractivity contribution is 0.101. The number of benzene rings is 1. The number of hydrogen-bond acceptors (Lipinski definition) is 1. The maximum atomic E-state index is 11.3. The Labute approximate surface area is 83.2 Å². The van der Waals surface area contributed by atoms with Crippen molar-refractivity contribution in [3.05, 3.63) is 35.5 Å². The third-order valence-electron chi connectivity index (χ3n) is 2.56. The highest BCUT2D eigenvalue weighted by atomic mass is 16.1. The van der Waals surface area contributed by atoms with Gasteiger partial charge < -0.3 is 4.57 Å². The molecule has 0 atom stereocenters. The normalized spacial score (nSPS) is 10.8. The SMILES string of the molecule is CC(=O)c1cc2cc(C)ccc2n1C. The number of carbonyl (C=O) groups excluding carboxylic acids is 1. The fourth-order valence-electron chi connectivity index (χ4n) is 1.81. The van der Waals surface area contributed by atoms with E-state index < -0.39 is 0 Å². The maximum Gasteiger partial charge on any atom is 0.176 e. The second kappa shape index (κ2) is 2.98. The first-order valence-electron chi connectivity index (χ1n) is 4.66. The Morgan fingerprint density at radius 2 is 2.00 bits per heavy atom. The second-order valence-corrected chi connectivity index (χ2v) is 3.71. The molecule has 0 aliphatic heterocycles. The van der Waals surface area contributed by atoms with Crippen molar-refractivity contribution in [3.8, 4) is 0 Å². The molecule has 2 rings (SSSR count). The zero-order valence-corrected chi connectivity index (χ0v) is 8.66. The van der Waals surface area contributed by atoms with Gasteiger partial charge in [0.2, 0.25) is 0 Å². The quantitative estimate of drug-likeness (QED) is 0.629. The molecule has 72 valence electrons. The molecule has 0 saturated heterocycles. The highest BCUT2D eigenvalue weighted by Gasteiger charge is 2.08. The first kappa shape index (κ1) is 9.00. The van der Waals surface area contributed by atoms with Gasteiger partial charge in [-0.1, -0.05) is 11.6 Å². The second-order valence-electron chi connectivity index (χ2n) is 3.71. The molecule has 0 spiro atoms. The summed E-state index contributed by atoms with van der Waals surface area (Å²) < 4.78 is 1.94. The summed E-state index contributed by atoms with van der Waals surface area (Å²) in [5.41, 5.74) is 3.10. The Balaban J connectivity index is 2.79. The number of Topliss-reactive ketones (excluding diaryl/α,β-unsaturated/α-hetero) is 1. The molecule has 1 aromatic heterocycles. The summed E-state index contributed by atoms with van der Waals surface area (Å²) >= 11 is 0. The average molecular weight is 187 g/mol. The number of aryl methyl sites for hydroxylation is 2. The summed E-state index contributed by atoms with van der Waals surface area (Å²) in [5.74, 6) is 0.112. The van der Waals surface area contributed by atoms with Gasteiger partial charge in [-0.2, -0.15) is 0 Å². The molecule has 0 bridgehead atoms. The van der Waals surface area contributed by atoms with Crippen molar-refractivity contribution in [2.24, 2.45) is 7.05 Å². The van der Waals surface area contributed by atoms with Crippen LogP contribution >= 0.6 is 0 Å². The molecular formula is C12H13NO. The molecule has 2 heteroatoms. The van der Waals surface area contributed by atoms with Gasteiger partial charge in [-0.25, -0.2) is 0 Å². The number of fused-ring (bicyclic) bond motifs is 1. The van der Waals surface area contributed by atoms with E-state index in [1.54, 1.807) is 6.92 Å². The van der Waals surface area contributed by atoms with Crippen LogP contribution in [0.15, 0.2) is 24.3 Å². The minimum absolute atomic E-state index is 0.112. The summed E-state index contributed by atoms with van der Waals surface area (Å²) in [6.07, 6.45) is 0. The number of hydrogen-bond donors (Lipinski definition) is 0. The highest BCUT2D eigenvalue weighted by Crippen LogP contribution is 2.20. The molecule has 0 N–H and O–H groups in total. The van der Waals surface area contributed by atoms with Crippen LogP contribution in [0, 0.1) is 6.92 Å². The Bertz CT molecular complexity index is 508. The number of ketones is 1. The Morgan fingerprint density at radius 3 is 2.64 bits per heavy atom. The maximum absolute atomic E-state index is 11.3. The fourth-order valence-corrected chi connectivity index (χ4v) is 1.81. The summed E-state index contributed by atoms with van der Waals surface area (Å²) in [4.78, 5) is 11.3. The van der Waals surface area contributed by atoms with Gasteiger partial charge in [-0.15, -0.1) is 0 Å². The Kier molecular flexibility index (Phi) is 1.92. The van der Waals surface area contributed by atoms with Crippen LogP contribution in [-0.4, -0.2) is 10.4 Å². The van der Waals surface area contributed by atoms with Gasteiger partial charge in [-0.05, 0) is 25.1 Å². The third kappa shape index (κ3) is 1.23. The molecule has 0 aliphatic carbocycles. The molecule has 0 amide bonds. The van der Waals surface area contributed by atoms with E-state index in [9.17, 15) is 4.79 Å². The van der Waals surface area contributed by atoms with Crippen LogP contribution in [0.1, 0.15) is 23.0 Å². The molecule has 1 heterocycles. The Morgan fingerprint density at radius 1 is 1.29 bits per heavy atom. The monoisotopic (exact) mass is 187 g/mol. The van der Waals surface area contributed by atoms with Crippen LogP contribution in [0.4, 0.5) is 0 Å². The predicted molar refractivity (Wildman–Crippen MR) is 57.7 cm³/mol. The van der Waals surface area contributed by atoms with E-state index in [4.69, 9.17) is 0 Å². The van der Waals surface area contributed by atoms with Crippen molar-refractivity contribution in [1.82, 2.24) is 4.57 Å². The lowest BCUT2D eigenvalue weighted by atomic mass is 10.2. The lowest BCUT2D eigenvalue weighted by Crippen LogP contribution is -2.00. The third-order valence-corrected chi connectivity index (χ3v) is 2.56. The highest BCUT2D eigenvalue weighted by molar-refractivity contribution is 5.98. The van der Waals surface area contributed by atoms with E-state index in [0.29, 0.717) is 0 Å². The zero-order chi connectivity index (χ0) is 10.3. The minimum Gasteiger partial charge on any atom is -0.341 e. The van der Waals surface area contributed by atoms with Crippen molar-refractivity contribution in [1.29, 1.82) is 0 Å². The molecule has 0 fully saturated rings. The predicted octanol–water partition coefficient (Wildman–Crippen LogP) is 2.69. The Hall–Kier alpha value is -1.57. The summed E-state index contributed by atoms with van der Waals surface area (Å²) in [7, 11) is 1.92. The number of rotatable bonds is 1. The van der Waals surface area contributed by atoms with Gasteiger partial charge in [0.1, 0.15) is 0 Å². The molecule has 0 radical (unpaired) electrons. The first-order valence-corrected chi connectivity index (χ1v) is 4.66. The van der Waals surface area contributed by atoms with E-state index in [2.05, 4.69) is 25.1 Å². The summed E-state index contributed by atoms with van der Waals surface area (Å²) in [5, 5.41) is 1.14. The topological polar surface area (TPSA) is 22.0 Å². The minimum atomic E-state index is 0.112. The van der Waals surface area contributed by atoms with E-state index in [1.165, 1.54) is 5.56 Å². The molecule has 0 unspecified atom stereocenters. The van der Waals surface area contributed by atoms with Crippen LogP contribution < -0.4 is 0 Å². The molecule has 0 saturated carbocycles. The number of nitrogens with zero attached hydrogens (tertiary/aromatic N) is 1. The van der Waals surface area contributed by atoms with Crippen molar-refractivity contribution < 1.29 is 4.79 Å². The lowest BCUT2D eigenvalue weighted by Gasteiger charge is -1.99. The smallest absolute Gasteiger partial charge is 0.176 e. The molecule has 0 aliphatic rings. The van der Waals surface area contributed by atoms with Crippen molar-refractivity contribution in [2.75, 3.05) is 0 Å². The van der Waals surface area contributed by atoms with Gasteiger partial charge in [0.25, 0.3) is 0 Å². The van der Waals surface area contributed by atoms with E-state index in [0.717, 1.165) is 16.6 Å². The first-order chi connectivity index (χ1) is 6.59. The summed E-state index contributed by atoms with van der Waals surface area (Å²) in [6, 6.07) is 8.16. The van der Waals surface area contributed by atoms with Crippen LogP contribution in [0.25, 0.3) is 10.9 Å². The average Bonchev–Trinajstić information content (AvgIpc) is 2.43. The van der Waals surface area contributed by atoms with Crippen LogP contribution in [-0.2, 0) is 7.05 Å². The molecule has 2 aromatic rings. The standard InChI is InChI=1S/C12H13NO/c1-8-4-5-11-10(6-8)7-12(9(2)14)13(11)3/h4-7H,1-3H3. The summed E-state index contributed by atoms with van der Waals surface area (Å²) in [6.45, 7) is 3.65. The van der Waals surface area contributed by atoms with E-state index in [-0.39, 0.29) is 5.78 Å². The van der Waals surface area contributed by atoms with Crippen molar-refractivity contribution in [2.45, 2.75) is 13.8 Å². The molecule has 2 nitrogen and oxygen atoms in total. The van der Waals surface area contributed by atoms with Gasteiger partial charge in [-0.3, -0.25) is 4.79 Å². The van der Waals surface area contributed by atoms with Crippen LogP contribution in [0.2, 0.25) is 0 Å². The van der Waals surface area contributed by atoms with Gasteiger partial charge in [0.05, 0.1) is 5.69 Å². The van der Waals surface area contributed by atoms with Crippen molar-refractivity contribution >= 4 is 16.7 Å². The van der Waals surface area contributed by atoms with E-state index in [1.807, 2.05) is 17.7 Å². The van der Waals surface area contributed by atoms with Gasteiger partial charge in [0, 0.05) is 24.9 Å². The van der Waals surface area contributed by atoms with E-state index >= 15 is 0 Å². The number of aromatic nitrogens is 1. The van der Waals surface area contributed by atoms with Crippen LogP contribution in [0.3, 0.4) is 0 Å². The fraction of sp³-hybridized carbons (Fsp3) is 0.250. The number of carbonyl (C=O) groups is 1. The van der Waals surface area contributed by atoms with Crippen LogP contribution in [0.5, 0.6) is 0 Å². The molecule has 1 aromatic carbocycles. The van der Waals surface area contributed by atoms with Crippen molar-refractivity contribution in [3.63, 3.8) is 0 Å². The molecule has 14 heavy (non-hydrogen) atoms. The zero-order valence-electron chi connectivity index (χ0n) is 8.66. The largest absolute Gasteiger partial charge is 0.341 e. The molecular weight excluding hydrogens is 174 g/mol.